The van der Waals surface area contributed by atoms with Gasteiger partial charge in [0.2, 0.25) is 0 Å². The lowest BCUT2D eigenvalue weighted by Gasteiger charge is -2.06. The largest absolute Gasteiger partial charge is 0.507 e. The number of carbonyl (C=O) groups is 1. The van der Waals surface area contributed by atoms with Crippen molar-refractivity contribution in [2.75, 3.05) is 6.54 Å². The highest BCUT2D eigenvalue weighted by molar-refractivity contribution is 14.1. The summed E-state index contributed by atoms with van der Waals surface area (Å²) in [6, 6.07) is 6.93. The lowest BCUT2D eigenvalue weighted by Crippen LogP contribution is -2.24. The Morgan fingerprint density at radius 3 is 2.94 bits per heavy atom. The maximum absolute atomic E-state index is 11.7. The van der Waals surface area contributed by atoms with Gasteiger partial charge in [0.25, 0.3) is 5.91 Å². The molecule has 0 aliphatic carbocycles. The number of unbranched alkanes of at least 4 members (excludes halogenated alkanes) is 2. The van der Waals surface area contributed by atoms with Gasteiger partial charge in [-0.3, -0.25) is 4.79 Å². The number of benzene rings is 1. The maximum Gasteiger partial charge on any atom is 0.255 e. The first-order chi connectivity index (χ1) is 8.15. The van der Waals surface area contributed by atoms with Crippen molar-refractivity contribution >= 4 is 28.5 Å². The molecule has 0 radical (unpaired) electrons. The van der Waals surface area contributed by atoms with Crippen molar-refractivity contribution < 1.29 is 9.90 Å². The fourth-order valence-electron chi connectivity index (χ4n) is 1.32. The molecular formula is C12H13IN2O2. The molecule has 5 heteroatoms. The van der Waals surface area contributed by atoms with Crippen molar-refractivity contribution in [1.82, 2.24) is 5.32 Å². The van der Waals surface area contributed by atoms with E-state index in [9.17, 15) is 9.90 Å². The molecular weight excluding hydrogens is 331 g/mol. The van der Waals surface area contributed by atoms with E-state index >= 15 is 0 Å². The number of hydrogen-bond donors (Lipinski definition) is 2. The molecule has 0 spiro atoms. The van der Waals surface area contributed by atoms with E-state index in [1.54, 1.807) is 12.1 Å². The Bertz CT molecular complexity index is 441. The van der Waals surface area contributed by atoms with E-state index in [1.807, 2.05) is 0 Å². The molecule has 0 unspecified atom stereocenters. The Morgan fingerprint density at radius 1 is 1.47 bits per heavy atom. The van der Waals surface area contributed by atoms with Gasteiger partial charge in [-0.25, -0.2) is 0 Å². The number of nitrogens with zero attached hydrogens (tertiary/aromatic N) is 1. The van der Waals surface area contributed by atoms with Gasteiger partial charge in [-0.2, -0.15) is 5.26 Å². The van der Waals surface area contributed by atoms with Crippen molar-refractivity contribution in [2.45, 2.75) is 19.3 Å². The lowest BCUT2D eigenvalue weighted by molar-refractivity contribution is 0.0950. The van der Waals surface area contributed by atoms with E-state index in [2.05, 4.69) is 34.0 Å². The highest BCUT2D eigenvalue weighted by Crippen LogP contribution is 2.19. The predicted octanol–water partition coefficient (Wildman–Crippen LogP) is 2.42. The summed E-state index contributed by atoms with van der Waals surface area (Å²) in [4.78, 5) is 11.7. The van der Waals surface area contributed by atoms with Gasteiger partial charge < -0.3 is 10.4 Å². The number of phenolic OH excluding ortho intramolecular Hbond substituents is 1. The molecule has 0 aromatic heterocycles. The number of nitrogens with one attached hydrogen (secondary N) is 1. The first-order valence-electron chi connectivity index (χ1n) is 5.29. The second kappa shape index (κ2) is 7.12. The van der Waals surface area contributed by atoms with E-state index in [-0.39, 0.29) is 17.2 Å². The van der Waals surface area contributed by atoms with E-state index in [0.717, 1.165) is 16.4 Å². The van der Waals surface area contributed by atoms with Crippen LogP contribution >= 0.6 is 22.6 Å². The highest BCUT2D eigenvalue weighted by Gasteiger charge is 2.10. The van der Waals surface area contributed by atoms with Gasteiger partial charge in [0, 0.05) is 16.5 Å². The number of rotatable bonds is 5. The van der Waals surface area contributed by atoms with Crippen molar-refractivity contribution in [1.29, 1.82) is 5.26 Å². The average Bonchev–Trinajstić information content (AvgIpc) is 2.32. The van der Waals surface area contributed by atoms with Gasteiger partial charge in [0.05, 0.1) is 11.6 Å². The molecule has 0 heterocycles. The van der Waals surface area contributed by atoms with E-state index in [0.29, 0.717) is 13.0 Å². The molecule has 4 nitrogen and oxygen atoms in total. The van der Waals surface area contributed by atoms with E-state index in [4.69, 9.17) is 5.26 Å². The molecule has 17 heavy (non-hydrogen) atoms. The molecule has 1 aromatic carbocycles. The Balaban J connectivity index is 2.47. The molecule has 90 valence electrons. The Morgan fingerprint density at radius 2 is 2.24 bits per heavy atom. The topological polar surface area (TPSA) is 73.1 Å². The second-order valence-electron chi connectivity index (χ2n) is 3.53. The first-order valence-corrected chi connectivity index (χ1v) is 6.36. The van der Waals surface area contributed by atoms with Crippen LogP contribution in [0.1, 0.15) is 29.6 Å². The number of nitriles is 1. The number of halogens is 1. The fourth-order valence-corrected chi connectivity index (χ4v) is 1.81. The van der Waals surface area contributed by atoms with Gasteiger partial charge in [-0.15, -0.1) is 0 Å². The van der Waals surface area contributed by atoms with Crippen LogP contribution in [0.5, 0.6) is 5.75 Å². The number of aromatic hydroxyl groups is 1. The molecule has 1 rings (SSSR count). The minimum Gasteiger partial charge on any atom is -0.507 e. The zero-order valence-electron chi connectivity index (χ0n) is 9.24. The zero-order chi connectivity index (χ0) is 12.7. The minimum atomic E-state index is -0.280. The summed E-state index contributed by atoms with van der Waals surface area (Å²) in [6.45, 7) is 0.519. The number of amides is 1. The quantitative estimate of drug-likeness (QED) is 0.637. The number of phenols is 1. The monoisotopic (exact) mass is 344 g/mol. The van der Waals surface area contributed by atoms with Crippen LogP contribution in [0.25, 0.3) is 0 Å². The molecule has 1 aromatic rings. The smallest absolute Gasteiger partial charge is 0.255 e. The summed E-state index contributed by atoms with van der Waals surface area (Å²) in [6.07, 6.45) is 2.05. The summed E-state index contributed by atoms with van der Waals surface area (Å²) < 4.78 is 0.898. The third kappa shape index (κ3) is 4.61. The SMILES string of the molecule is N#CCCCCNC(=O)c1cc(I)ccc1O. The Labute approximate surface area is 114 Å². The van der Waals surface area contributed by atoms with Crippen LogP contribution in [0.3, 0.4) is 0 Å². The van der Waals surface area contributed by atoms with Crippen LogP contribution in [-0.4, -0.2) is 17.6 Å². The normalized spacial score (nSPS) is 9.65. The first kappa shape index (κ1) is 13.8. The zero-order valence-corrected chi connectivity index (χ0v) is 11.4. The van der Waals surface area contributed by atoms with Crippen molar-refractivity contribution in [3.63, 3.8) is 0 Å². The third-order valence-corrected chi connectivity index (χ3v) is 2.88. The van der Waals surface area contributed by atoms with Gasteiger partial charge in [-0.1, -0.05) is 0 Å². The number of hydrogen-bond acceptors (Lipinski definition) is 3. The molecule has 0 bridgehead atoms. The van der Waals surface area contributed by atoms with Gasteiger partial charge in [0.15, 0.2) is 0 Å². The van der Waals surface area contributed by atoms with E-state index in [1.165, 1.54) is 6.07 Å². The van der Waals surface area contributed by atoms with Gasteiger partial charge >= 0.3 is 0 Å². The lowest BCUT2D eigenvalue weighted by atomic mass is 10.2. The Hall–Kier alpha value is -1.29. The summed E-state index contributed by atoms with van der Waals surface area (Å²) in [5.74, 6) is -0.294. The summed E-state index contributed by atoms with van der Waals surface area (Å²) >= 11 is 2.08. The van der Waals surface area contributed by atoms with Crippen LogP contribution in [0.4, 0.5) is 0 Å². The summed E-state index contributed by atoms with van der Waals surface area (Å²) in [5, 5.41) is 20.6. The van der Waals surface area contributed by atoms with Crippen LogP contribution in [0.15, 0.2) is 18.2 Å². The molecule has 1 amide bonds. The van der Waals surface area contributed by atoms with Gasteiger partial charge in [-0.05, 0) is 53.6 Å². The molecule has 0 aliphatic rings. The third-order valence-electron chi connectivity index (χ3n) is 2.20. The van der Waals surface area contributed by atoms with E-state index < -0.39 is 0 Å². The molecule has 0 saturated heterocycles. The summed E-state index contributed by atoms with van der Waals surface area (Å²) in [7, 11) is 0. The second-order valence-corrected chi connectivity index (χ2v) is 4.78. The standard InChI is InChI=1S/C12H13IN2O2/c13-9-4-5-11(16)10(8-9)12(17)15-7-3-1-2-6-14/h4-5,8,16H,1-3,7H2,(H,15,17). The van der Waals surface area contributed by atoms with Crippen molar-refractivity contribution in [2.24, 2.45) is 0 Å². The van der Waals surface area contributed by atoms with Crippen LogP contribution < -0.4 is 5.32 Å². The van der Waals surface area contributed by atoms with Crippen molar-refractivity contribution in [3.8, 4) is 11.8 Å². The van der Waals surface area contributed by atoms with Crippen LogP contribution in [-0.2, 0) is 0 Å². The summed E-state index contributed by atoms with van der Waals surface area (Å²) in [5.41, 5.74) is 0.289. The Kier molecular flexibility index (Phi) is 5.77. The molecule has 0 aliphatic heterocycles. The molecule has 0 fully saturated rings. The predicted molar refractivity (Wildman–Crippen MR) is 72.6 cm³/mol. The highest BCUT2D eigenvalue weighted by atomic mass is 127. The fraction of sp³-hybridized carbons (Fsp3) is 0.333. The van der Waals surface area contributed by atoms with Gasteiger partial charge in [0.1, 0.15) is 5.75 Å². The molecule has 0 saturated carbocycles. The van der Waals surface area contributed by atoms with Crippen LogP contribution in [0, 0.1) is 14.9 Å². The van der Waals surface area contributed by atoms with Crippen LogP contribution in [0.2, 0.25) is 0 Å². The molecule has 2 N–H and O–H groups in total. The molecule has 0 atom stereocenters. The average molecular weight is 344 g/mol. The van der Waals surface area contributed by atoms with Crippen molar-refractivity contribution in [3.05, 3.63) is 27.3 Å². The minimum absolute atomic E-state index is 0.0139. The maximum atomic E-state index is 11.7. The number of carbonyl (C=O) groups excluding carboxylic acids is 1.